The van der Waals surface area contributed by atoms with Crippen molar-refractivity contribution < 1.29 is 24.2 Å². The Bertz CT molecular complexity index is 1360. The van der Waals surface area contributed by atoms with E-state index in [1.54, 1.807) is 0 Å². The molecule has 0 fully saturated rings. The lowest BCUT2D eigenvalue weighted by molar-refractivity contribution is -0.161. The summed E-state index contributed by atoms with van der Waals surface area (Å²) in [6, 6.07) is 0. The van der Waals surface area contributed by atoms with Gasteiger partial charge in [-0.1, -0.05) is 351 Å². The first-order chi connectivity index (χ1) is 39.6. The van der Waals surface area contributed by atoms with E-state index in [4.69, 9.17) is 9.47 Å². The van der Waals surface area contributed by atoms with Crippen molar-refractivity contribution in [2.24, 2.45) is 0 Å². The third kappa shape index (κ3) is 68.1. The number of aliphatic hydroxyl groups is 1. The Morgan fingerprint density at radius 2 is 0.500 bits per heavy atom. The molecular formula is C75H138O5. The molecule has 0 radical (unpaired) electrons. The van der Waals surface area contributed by atoms with E-state index in [1.165, 1.54) is 302 Å². The third-order valence-electron chi connectivity index (χ3n) is 16.3. The van der Waals surface area contributed by atoms with E-state index in [-0.39, 0.29) is 25.2 Å². The average Bonchev–Trinajstić information content (AvgIpc) is 3.46. The number of carbonyl (C=O) groups is 2. The molecule has 0 saturated carbocycles. The van der Waals surface area contributed by atoms with Crippen LogP contribution in [0.1, 0.15) is 386 Å². The number of allylic oxidation sites excluding steroid dienone is 10. The van der Waals surface area contributed by atoms with Crippen LogP contribution < -0.4 is 0 Å². The molecule has 0 aromatic heterocycles. The molecule has 0 aliphatic heterocycles. The SMILES string of the molecule is CCCCCCC/C=C\C/C=C\C/C=C\CCCCCCCCCCCCCCCCCCCCCCCCC(=O)OC(CO)COC(=O)CCCCCCCCCCCCCCCCCCC/C=C\C/C=C\CCCCCCC. The Morgan fingerprint density at radius 1 is 0.287 bits per heavy atom. The molecule has 0 bridgehead atoms. The van der Waals surface area contributed by atoms with Crippen LogP contribution in [0.5, 0.6) is 0 Å². The lowest BCUT2D eigenvalue weighted by Gasteiger charge is -2.15. The summed E-state index contributed by atoms with van der Waals surface area (Å²) in [7, 11) is 0. The minimum atomic E-state index is -0.772. The zero-order valence-corrected chi connectivity index (χ0v) is 53.9. The Morgan fingerprint density at radius 3 is 0.750 bits per heavy atom. The van der Waals surface area contributed by atoms with Crippen LogP contribution in [0.4, 0.5) is 0 Å². The number of ether oxygens (including phenoxy) is 2. The molecule has 0 aromatic carbocycles. The third-order valence-corrected chi connectivity index (χ3v) is 16.3. The van der Waals surface area contributed by atoms with Gasteiger partial charge < -0.3 is 14.6 Å². The van der Waals surface area contributed by atoms with Gasteiger partial charge in [-0.15, -0.1) is 0 Å². The fourth-order valence-corrected chi connectivity index (χ4v) is 10.9. The van der Waals surface area contributed by atoms with Gasteiger partial charge in [0.25, 0.3) is 0 Å². The van der Waals surface area contributed by atoms with Crippen LogP contribution >= 0.6 is 0 Å². The molecule has 0 aliphatic rings. The highest BCUT2D eigenvalue weighted by molar-refractivity contribution is 5.70. The Kier molecular flexibility index (Phi) is 68.7. The molecule has 0 amide bonds. The molecule has 5 heteroatoms. The summed E-state index contributed by atoms with van der Waals surface area (Å²) in [6.45, 7) is 4.17. The van der Waals surface area contributed by atoms with Crippen molar-refractivity contribution in [2.75, 3.05) is 13.2 Å². The smallest absolute Gasteiger partial charge is 0.306 e. The van der Waals surface area contributed by atoms with Gasteiger partial charge in [0.1, 0.15) is 6.61 Å². The number of hydrogen-bond acceptors (Lipinski definition) is 5. The molecule has 0 spiro atoms. The fraction of sp³-hybridized carbons (Fsp3) is 0.840. The van der Waals surface area contributed by atoms with Gasteiger partial charge in [-0.25, -0.2) is 0 Å². The molecule has 1 atom stereocenters. The largest absolute Gasteiger partial charge is 0.462 e. The van der Waals surface area contributed by atoms with Crippen LogP contribution in [0.3, 0.4) is 0 Å². The van der Waals surface area contributed by atoms with Gasteiger partial charge in [0.05, 0.1) is 6.61 Å². The lowest BCUT2D eigenvalue weighted by Crippen LogP contribution is -2.28. The fourth-order valence-electron chi connectivity index (χ4n) is 10.9. The summed E-state index contributed by atoms with van der Waals surface area (Å²) in [5.74, 6) is -0.569. The van der Waals surface area contributed by atoms with Crippen LogP contribution in [-0.2, 0) is 19.1 Å². The van der Waals surface area contributed by atoms with E-state index in [0.717, 1.165) is 57.8 Å². The van der Waals surface area contributed by atoms with Crippen LogP contribution in [0.25, 0.3) is 0 Å². The van der Waals surface area contributed by atoms with Gasteiger partial charge in [-0.2, -0.15) is 0 Å². The van der Waals surface area contributed by atoms with E-state index in [2.05, 4.69) is 74.6 Å². The van der Waals surface area contributed by atoms with Crippen molar-refractivity contribution in [3.8, 4) is 0 Å². The maximum absolute atomic E-state index is 12.4. The molecule has 0 aliphatic carbocycles. The molecule has 0 saturated heterocycles. The summed E-state index contributed by atoms with van der Waals surface area (Å²) < 4.78 is 10.8. The van der Waals surface area contributed by atoms with Crippen LogP contribution in [-0.4, -0.2) is 36.4 Å². The van der Waals surface area contributed by atoms with Crippen molar-refractivity contribution in [3.63, 3.8) is 0 Å². The molecule has 5 nitrogen and oxygen atoms in total. The first kappa shape index (κ1) is 77.6. The number of hydrogen-bond donors (Lipinski definition) is 1. The van der Waals surface area contributed by atoms with Gasteiger partial charge in [-0.3, -0.25) is 9.59 Å². The van der Waals surface area contributed by atoms with E-state index >= 15 is 0 Å². The van der Waals surface area contributed by atoms with Gasteiger partial charge >= 0.3 is 11.9 Å². The van der Waals surface area contributed by atoms with Crippen molar-refractivity contribution >= 4 is 11.9 Å². The second-order valence-electron chi connectivity index (χ2n) is 24.3. The van der Waals surface area contributed by atoms with Gasteiger partial charge in [0, 0.05) is 12.8 Å². The maximum atomic E-state index is 12.4. The number of carbonyl (C=O) groups excluding carboxylic acids is 2. The highest BCUT2D eigenvalue weighted by Gasteiger charge is 2.16. The first-order valence-corrected chi connectivity index (χ1v) is 35.8. The number of rotatable bonds is 67. The standard InChI is InChI=1S/C75H138O5/c1-3-5-7-9-11-13-15-17-19-21-23-25-27-29-31-33-34-35-36-37-38-39-40-42-44-46-48-50-52-54-56-58-60-62-64-66-68-70-75(78)80-73(71-76)72-79-74(77)69-67-65-63-61-59-57-55-53-51-49-47-45-43-41-32-30-28-26-24-22-20-18-16-14-12-10-8-6-4-2/h15-18,21-24,27,29,73,76H,3-14,19-20,25-26,28,30-72H2,1-2H3/b17-15-,18-16-,23-21-,24-22-,29-27-. The summed E-state index contributed by atoms with van der Waals surface area (Å²) >= 11 is 0. The van der Waals surface area contributed by atoms with Crippen molar-refractivity contribution in [3.05, 3.63) is 60.8 Å². The predicted molar refractivity (Wildman–Crippen MR) is 353 cm³/mol. The monoisotopic (exact) mass is 1120 g/mol. The Hall–Kier alpha value is -2.40. The predicted octanol–water partition coefficient (Wildman–Crippen LogP) is 24.9. The Balaban J connectivity index is 3.40. The van der Waals surface area contributed by atoms with Crippen molar-refractivity contribution in [2.45, 2.75) is 392 Å². The quantitative estimate of drug-likeness (QED) is 0.0373. The summed E-state index contributed by atoms with van der Waals surface area (Å²) in [5, 5.41) is 9.71. The molecule has 0 rings (SSSR count). The molecule has 80 heavy (non-hydrogen) atoms. The van der Waals surface area contributed by atoms with Crippen LogP contribution in [0, 0.1) is 0 Å². The molecule has 0 heterocycles. The molecule has 1 unspecified atom stereocenters. The van der Waals surface area contributed by atoms with Crippen LogP contribution in [0.15, 0.2) is 60.8 Å². The maximum Gasteiger partial charge on any atom is 0.306 e. The van der Waals surface area contributed by atoms with Crippen LogP contribution in [0.2, 0.25) is 0 Å². The van der Waals surface area contributed by atoms with Gasteiger partial charge in [0.2, 0.25) is 0 Å². The number of aliphatic hydroxyl groups excluding tert-OH is 1. The minimum Gasteiger partial charge on any atom is -0.462 e. The normalized spacial score (nSPS) is 12.5. The van der Waals surface area contributed by atoms with Crippen molar-refractivity contribution in [1.29, 1.82) is 0 Å². The van der Waals surface area contributed by atoms with E-state index in [0.29, 0.717) is 12.8 Å². The second-order valence-corrected chi connectivity index (χ2v) is 24.3. The van der Waals surface area contributed by atoms with Crippen molar-refractivity contribution in [1.82, 2.24) is 0 Å². The van der Waals surface area contributed by atoms with Gasteiger partial charge in [-0.05, 0) is 83.5 Å². The topological polar surface area (TPSA) is 72.8 Å². The van der Waals surface area contributed by atoms with E-state index in [9.17, 15) is 14.7 Å². The first-order valence-electron chi connectivity index (χ1n) is 35.8. The summed E-state index contributed by atoms with van der Waals surface area (Å²) in [5.41, 5.74) is 0. The minimum absolute atomic E-state index is 0.0613. The lowest BCUT2D eigenvalue weighted by atomic mass is 10.0. The molecular weight excluding hydrogens is 981 g/mol. The molecule has 468 valence electrons. The highest BCUT2D eigenvalue weighted by Crippen LogP contribution is 2.19. The van der Waals surface area contributed by atoms with E-state index in [1.807, 2.05) is 0 Å². The van der Waals surface area contributed by atoms with Gasteiger partial charge in [0.15, 0.2) is 6.10 Å². The zero-order chi connectivity index (χ0) is 57.6. The Labute approximate surface area is 500 Å². The summed E-state index contributed by atoms with van der Waals surface area (Å²) in [6.07, 6.45) is 96.9. The summed E-state index contributed by atoms with van der Waals surface area (Å²) in [4.78, 5) is 24.7. The number of unbranched alkanes of at least 4 members (excludes halogenated alkanes) is 49. The van der Waals surface area contributed by atoms with E-state index < -0.39 is 6.10 Å². The molecule has 0 aromatic rings. The second kappa shape index (κ2) is 70.9. The number of esters is 2. The highest BCUT2D eigenvalue weighted by atomic mass is 16.6. The zero-order valence-electron chi connectivity index (χ0n) is 53.9. The molecule has 1 N–H and O–H groups in total. The average molecular weight is 1120 g/mol.